The predicted octanol–water partition coefficient (Wildman–Crippen LogP) is 10.1. The van der Waals surface area contributed by atoms with Crippen LogP contribution in [0.4, 0.5) is 0 Å². The summed E-state index contributed by atoms with van der Waals surface area (Å²) in [5.74, 6) is 0.716. The molecule has 8 aromatic rings. The van der Waals surface area contributed by atoms with Crippen LogP contribution in [0.15, 0.2) is 140 Å². The number of rotatable bonds is 4. The van der Waals surface area contributed by atoms with Gasteiger partial charge in [0.2, 0.25) is 0 Å². The van der Waals surface area contributed by atoms with Crippen LogP contribution in [0.25, 0.3) is 76.2 Å². The fraction of sp³-hybridized carbons (Fsp3) is 0. The highest BCUT2D eigenvalue weighted by molar-refractivity contribution is 7.26. The monoisotopic (exact) mass is 541 g/mol. The Kier molecular flexibility index (Phi) is 5.64. The SMILES string of the molecule is c1ccc(-c2cc(-c3ccc(-c4nc5ccccc5c5sc6ccccc6c45)cc3)nc(-c3ccccc3)n2)cc1. The summed E-state index contributed by atoms with van der Waals surface area (Å²) in [7, 11) is 0. The molecule has 41 heavy (non-hydrogen) atoms. The first-order valence-electron chi connectivity index (χ1n) is 13.6. The van der Waals surface area contributed by atoms with Gasteiger partial charge in [0.15, 0.2) is 5.82 Å². The Bertz CT molecular complexity index is 2130. The molecule has 0 spiro atoms. The summed E-state index contributed by atoms with van der Waals surface area (Å²) in [6.07, 6.45) is 0. The molecule has 0 saturated carbocycles. The minimum absolute atomic E-state index is 0.716. The zero-order chi connectivity index (χ0) is 27.2. The van der Waals surface area contributed by atoms with Gasteiger partial charge in [-0.3, -0.25) is 0 Å². The maximum Gasteiger partial charge on any atom is 0.160 e. The van der Waals surface area contributed by atoms with Crippen LogP contribution in [-0.2, 0) is 0 Å². The molecule has 0 saturated heterocycles. The van der Waals surface area contributed by atoms with E-state index in [1.807, 2.05) is 47.7 Å². The van der Waals surface area contributed by atoms with Gasteiger partial charge in [0, 0.05) is 47.8 Å². The fourth-order valence-corrected chi connectivity index (χ4v) is 6.72. The molecule has 3 heterocycles. The van der Waals surface area contributed by atoms with Gasteiger partial charge in [-0.15, -0.1) is 11.3 Å². The first-order chi connectivity index (χ1) is 20.3. The van der Waals surface area contributed by atoms with Crippen LogP contribution in [-0.4, -0.2) is 15.0 Å². The first kappa shape index (κ1) is 23.7. The molecule has 192 valence electrons. The van der Waals surface area contributed by atoms with Crippen molar-refractivity contribution in [2.24, 2.45) is 0 Å². The summed E-state index contributed by atoms with van der Waals surface area (Å²) >= 11 is 1.84. The molecule has 4 heteroatoms. The van der Waals surface area contributed by atoms with Crippen LogP contribution < -0.4 is 0 Å². The second-order valence-electron chi connectivity index (χ2n) is 10.1. The maximum absolute atomic E-state index is 5.19. The summed E-state index contributed by atoms with van der Waals surface area (Å²) in [5.41, 5.74) is 8.02. The second-order valence-corrected chi connectivity index (χ2v) is 11.1. The fourth-order valence-electron chi connectivity index (χ4n) is 5.49. The van der Waals surface area contributed by atoms with E-state index in [4.69, 9.17) is 15.0 Å². The molecule has 0 radical (unpaired) electrons. The minimum Gasteiger partial charge on any atom is -0.247 e. The Hall–Kier alpha value is -5.19. The van der Waals surface area contributed by atoms with E-state index in [0.717, 1.165) is 44.9 Å². The van der Waals surface area contributed by atoms with Crippen molar-refractivity contribution in [3.05, 3.63) is 140 Å². The molecule has 0 aliphatic rings. The Morgan fingerprint density at radius 1 is 0.439 bits per heavy atom. The number of aromatic nitrogens is 3. The lowest BCUT2D eigenvalue weighted by atomic mass is 10.0. The molecule has 0 N–H and O–H groups in total. The normalized spacial score (nSPS) is 11.4. The third kappa shape index (κ3) is 4.17. The third-order valence-electron chi connectivity index (χ3n) is 7.50. The molecule has 0 unspecified atom stereocenters. The minimum atomic E-state index is 0.716. The van der Waals surface area contributed by atoms with E-state index in [2.05, 4.69) is 103 Å². The predicted molar refractivity (Wildman–Crippen MR) is 172 cm³/mol. The molecule has 3 aromatic heterocycles. The number of fused-ring (bicyclic) bond motifs is 5. The molecule has 8 rings (SSSR count). The van der Waals surface area contributed by atoms with Gasteiger partial charge in [-0.2, -0.15) is 0 Å². The van der Waals surface area contributed by atoms with Gasteiger partial charge in [-0.05, 0) is 18.2 Å². The smallest absolute Gasteiger partial charge is 0.160 e. The highest BCUT2D eigenvalue weighted by Gasteiger charge is 2.16. The zero-order valence-electron chi connectivity index (χ0n) is 22.0. The van der Waals surface area contributed by atoms with Crippen LogP contribution in [0.5, 0.6) is 0 Å². The quantitative estimate of drug-likeness (QED) is 0.222. The van der Waals surface area contributed by atoms with Gasteiger partial charge in [0.05, 0.1) is 22.6 Å². The first-order valence-corrected chi connectivity index (χ1v) is 14.4. The Morgan fingerprint density at radius 3 is 1.73 bits per heavy atom. The number of para-hydroxylation sites is 1. The summed E-state index contributed by atoms with van der Waals surface area (Å²) in [6, 6.07) is 48.2. The molecular weight excluding hydrogens is 518 g/mol. The van der Waals surface area contributed by atoms with E-state index in [1.165, 1.54) is 25.6 Å². The average molecular weight is 542 g/mol. The van der Waals surface area contributed by atoms with Crippen molar-refractivity contribution in [1.82, 2.24) is 15.0 Å². The van der Waals surface area contributed by atoms with E-state index in [-0.39, 0.29) is 0 Å². The molecule has 0 aliphatic carbocycles. The van der Waals surface area contributed by atoms with Crippen molar-refractivity contribution in [1.29, 1.82) is 0 Å². The van der Waals surface area contributed by atoms with Gasteiger partial charge in [-0.1, -0.05) is 121 Å². The van der Waals surface area contributed by atoms with Crippen LogP contribution in [0.3, 0.4) is 0 Å². The highest BCUT2D eigenvalue weighted by Crippen LogP contribution is 2.42. The van der Waals surface area contributed by atoms with Gasteiger partial charge in [0.25, 0.3) is 0 Å². The van der Waals surface area contributed by atoms with Crippen molar-refractivity contribution < 1.29 is 0 Å². The maximum atomic E-state index is 5.19. The van der Waals surface area contributed by atoms with Crippen molar-refractivity contribution in [2.75, 3.05) is 0 Å². The van der Waals surface area contributed by atoms with Gasteiger partial charge >= 0.3 is 0 Å². The topological polar surface area (TPSA) is 38.7 Å². The van der Waals surface area contributed by atoms with Crippen LogP contribution in [0.2, 0.25) is 0 Å². The lowest BCUT2D eigenvalue weighted by Crippen LogP contribution is -1.96. The molecular formula is C37H23N3S. The molecule has 5 aromatic carbocycles. The van der Waals surface area contributed by atoms with Gasteiger partial charge in [-0.25, -0.2) is 15.0 Å². The van der Waals surface area contributed by atoms with E-state index in [0.29, 0.717) is 5.82 Å². The summed E-state index contributed by atoms with van der Waals surface area (Å²) in [4.78, 5) is 15.1. The van der Waals surface area contributed by atoms with Crippen molar-refractivity contribution in [3.63, 3.8) is 0 Å². The van der Waals surface area contributed by atoms with Crippen molar-refractivity contribution in [3.8, 4) is 45.2 Å². The average Bonchev–Trinajstić information content (AvgIpc) is 3.45. The van der Waals surface area contributed by atoms with E-state index < -0.39 is 0 Å². The van der Waals surface area contributed by atoms with Crippen LogP contribution in [0, 0.1) is 0 Å². The molecule has 0 amide bonds. The highest BCUT2D eigenvalue weighted by atomic mass is 32.1. The lowest BCUT2D eigenvalue weighted by Gasteiger charge is -2.11. The lowest BCUT2D eigenvalue weighted by molar-refractivity contribution is 1.18. The summed E-state index contributed by atoms with van der Waals surface area (Å²) in [6.45, 7) is 0. The number of thiophene rings is 1. The second kappa shape index (κ2) is 9.77. The number of nitrogens with zero attached hydrogens (tertiary/aromatic N) is 3. The zero-order valence-corrected chi connectivity index (χ0v) is 22.8. The van der Waals surface area contributed by atoms with E-state index in [9.17, 15) is 0 Å². The molecule has 3 nitrogen and oxygen atoms in total. The molecule has 0 fully saturated rings. The molecule has 0 aliphatic heterocycles. The van der Waals surface area contributed by atoms with E-state index in [1.54, 1.807) is 0 Å². The van der Waals surface area contributed by atoms with Crippen LogP contribution in [0.1, 0.15) is 0 Å². The number of pyridine rings is 1. The number of hydrogen-bond acceptors (Lipinski definition) is 4. The molecule has 0 bridgehead atoms. The summed E-state index contributed by atoms with van der Waals surface area (Å²) < 4.78 is 2.56. The summed E-state index contributed by atoms with van der Waals surface area (Å²) in [5, 5.41) is 3.67. The van der Waals surface area contributed by atoms with Crippen molar-refractivity contribution in [2.45, 2.75) is 0 Å². The Morgan fingerprint density at radius 2 is 1.00 bits per heavy atom. The standard InChI is InChI=1S/C37H23N3S/c1-3-11-24(12-4-1)31-23-32(40-37(39-31)27-13-5-2-6-14-27)25-19-21-26(22-20-25)35-34-29-16-8-10-18-33(29)41-36(34)28-15-7-9-17-30(28)38-35/h1-23H. The number of hydrogen-bond donors (Lipinski definition) is 0. The largest absolute Gasteiger partial charge is 0.247 e. The molecule has 0 atom stereocenters. The van der Waals surface area contributed by atoms with Gasteiger partial charge < -0.3 is 0 Å². The number of benzene rings is 5. The Labute approximate surface area is 241 Å². The van der Waals surface area contributed by atoms with Gasteiger partial charge in [0.1, 0.15) is 0 Å². The third-order valence-corrected chi connectivity index (χ3v) is 8.70. The van der Waals surface area contributed by atoms with Crippen LogP contribution >= 0.6 is 11.3 Å². The van der Waals surface area contributed by atoms with E-state index >= 15 is 0 Å². The van der Waals surface area contributed by atoms with Crippen molar-refractivity contribution >= 4 is 42.4 Å². The Balaban J connectivity index is 1.29.